The highest BCUT2D eigenvalue weighted by molar-refractivity contribution is 8.00. The van der Waals surface area contributed by atoms with Crippen molar-refractivity contribution in [2.24, 2.45) is 0 Å². The van der Waals surface area contributed by atoms with Gasteiger partial charge in [0.05, 0.1) is 5.75 Å². The molecule has 1 aliphatic heterocycles. The van der Waals surface area contributed by atoms with Gasteiger partial charge >= 0.3 is 0 Å². The fraction of sp³-hybridized carbons (Fsp3) is 0.471. The van der Waals surface area contributed by atoms with E-state index in [0.717, 1.165) is 16.8 Å². The molecule has 2 atom stereocenters. The number of amides is 3. The molecule has 3 amide bonds. The lowest BCUT2D eigenvalue weighted by Gasteiger charge is -2.30. The second-order valence-corrected chi connectivity index (χ2v) is 7.16. The van der Waals surface area contributed by atoms with Crippen LogP contribution in [0.15, 0.2) is 18.2 Å². The minimum absolute atomic E-state index is 0.122. The van der Waals surface area contributed by atoms with Crippen molar-refractivity contribution < 1.29 is 14.4 Å². The number of nitrogens with one attached hydrogen (secondary N) is 4. The maximum absolute atomic E-state index is 12.1. The second kappa shape index (κ2) is 8.87. The van der Waals surface area contributed by atoms with Crippen LogP contribution < -0.4 is 21.3 Å². The van der Waals surface area contributed by atoms with E-state index in [1.807, 2.05) is 32.0 Å². The van der Waals surface area contributed by atoms with E-state index in [1.54, 1.807) is 7.05 Å². The number of aryl methyl sites for hydroxylation is 2. The van der Waals surface area contributed by atoms with Crippen molar-refractivity contribution in [3.05, 3.63) is 29.3 Å². The Morgan fingerprint density at radius 3 is 2.72 bits per heavy atom. The average Bonchev–Trinajstić information content (AvgIpc) is 2.55. The molecular formula is C17H24N4O3S. The fourth-order valence-electron chi connectivity index (χ4n) is 2.59. The fourth-order valence-corrected chi connectivity index (χ4v) is 3.48. The summed E-state index contributed by atoms with van der Waals surface area (Å²) >= 11 is 1.29. The van der Waals surface area contributed by atoms with E-state index in [0.29, 0.717) is 0 Å². The zero-order chi connectivity index (χ0) is 18.4. The van der Waals surface area contributed by atoms with E-state index < -0.39 is 0 Å². The first-order chi connectivity index (χ1) is 11.9. The van der Waals surface area contributed by atoms with Gasteiger partial charge < -0.3 is 16.0 Å². The normalized spacial score (nSPS) is 19.9. The molecule has 1 aromatic rings. The Balaban J connectivity index is 1.83. The lowest BCUT2D eigenvalue weighted by molar-refractivity contribution is -0.125. The van der Waals surface area contributed by atoms with E-state index in [-0.39, 0.29) is 47.9 Å². The van der Waals surface area contributed by atoms with Gasteiger partial charge in [0.2, 0.25) is 17.7 Å². The smallest absolute Gasteiger partial charge is 0.234 e. The van der Waals surface area contributed by atoms with Gasteiger partial charge in [-0.05, 0) is 25.5 Å². The Labute approximate surface area is 151 Å². The third-order valence-corrected chi connectivity index (χ3v) is 4.87. The SMILES string of the molecule is CNC(=O)CC1CC(=O)NC(SCC(=O)Nc2ccc(C)cc2C)N1. The molecule has 136 valence electrons. The molecule has 0 aliphatic carbocycles. The van der Waals surface area contributed by atoms with Gasteiger partial charge in [0.25, 0.3) is 0 Å². The molecule has 0 saturated carbocycles. The second-order valence-electron chi connectivity index (χ2n) is 6.07. The Bertz CT molecular complexity index is 665. The van der Waals surface area contributed by atoms with Gasteiger partial charge in [0.15, 0.2) is 0 Å². The van der Waals surface area contributed by atoms with Crippen LogP contribution in [-0.2, 0) is 14.4 Å². The van der Waals surface area contributed by atoms with Crippen LogP contribution in [0.1, 0.15) is 24.0 Å². The van der Waals surface area contributed by atoms with Crippen LogP contribution in [0.5, 0.6) is 0 Å². The number of rotatable bonds is 6. The van der Waals surface area contributed by atoms with Crippen LogP contribution in [0, 0.1) is 13.8 Å². The molecule has 25 heavy (non-hydrogen) atoms. The van der Waals surface area contributed by atoms with Crippen molar-refractivity contribution >= 4 is 35.2 Å². The van der Waals surface area contributed by atoms with Gasteiger partial charge in [-0.15, -0.1) is 11.8 Å². The molecule has 0 spiro atoms. The number of hydrogen-bond donors (Lipinski definition) is 4. The quantitative estimate of drug-likeness (QED) is 0.600. The summed E-state index contributed by atoms with van der Waals surface area (Å²) in [4.78, 5) is 35.4. The highest BCUT2D eigenvalue weighted by atomic mass is 32.2. The predicted molar refractivity (Wildman–Crippen MR) is 99.2 cm³/mol. The van der Waals surface area contributed by atoms with E-state index in [4.69, 9.17) is 0 Å². The van der Waals surface area contributed by atoms with Gasteiger partial charge in [-0.3, -0.25) is 19.7 Å². The van der Waals surface area contributed by atoms with Gasteiger partial charge in [0.1, 0.15) is 5.50 Å². The van der Waals surface area contributed by atoms with Gasteiger partial charge in [-0.2, -0.15) is 0 Å². The molecule has 0 bridgehead atoms. The van der Waals surface area contributed by atoms with Crippen LogP contribution in [0.25, 0.3) is 0 Å². The van der Waals surface area contributed by atoms with Gasteiger partial charge in [-0.1, -0.05) is 17.7 Å². The Kier molecular flexibility index (Phi) is 6.83. The van der Waals surface area contributed by atoms with E-state index in [1.165, 1.54) is 11.8 Å². The molecule has 1 aromatic carbocycles. The third kappa shape index (κ3) is 6.06. The summed E-state index contributed by atoms with van der Waals surface area (Å²) < 4.78 is 0. The first-order valence-corrected chi connectivity index (χ1v) is 9.17. The van der Waals surface area contributed by atoms with Gasteiger partial charge in [-0.25, -0.2) is 0 Å². The Morgan fingerprint density at radius 1 is 1.28 bits per heavy atom. The summed E-state index contributed by atoms with van der Waals surface area (Å²) in [7, 11) is 1.56. The van der Waals surface area contributed by atoms with Crippen molar-refractivity contribution in [1.82, 2.24) is 16.0 Å². The largest absolute Gasteiger partial charge is 0.359 e. The van der Waals surface area contributed by atoms with E-state index >= 15 is 0 Å². The molecule has 1 aliphatic rings. The first kappa shape index (κ1) is 19.3. The lowest BCUT2D eigenvalue weighted by atomic mass is 10.1. The monoisotopic (exact) mass is 364 g/mol. The number of thioether (sulfide) groups is 1. The van der Waals surface area contributed by atoms with Crippen molar-refractivity contribution in [3.8, 4) is 0 Å². The average molecular weight is 364 g/mol. The highest BCUT2D eigenvalue weighted by Crippen LogP contribution is 2.18. The summed E-state index contributed by atoms with van der Waals surface area (Å²) in [5.41, 5.74) is 2.55. The van der Waals surface area contributed by atoms with Crippen LogP contribution in [-0.4, -0.2) is 42.1 Å². The van der Waals surface area contributed by atoms with Crippen LogP contribution >= 0.6 is 11.8 Å². The van der Waals surface area contributed by atoms with Crippen LogP contribution in [0.3, 0.4) is 0 Å². The minimum Gasteiger partial charge on any atom is -0.359 e. The molecule has 2 rings (SSSR count). The summed E-state index contributed by atoms with van der Waals surface area (Å²) in [6.07, 6.45) is 0.481. The van der Waals surface area contributed by atoms with Crippen molar-refractivity contribution in [1.29, 1.82) is 0 Å². The van der Waals surface area contributed by atoms with E-state index in [2.05, 4.69) is 21.3 Å². The Morgan fingerprint density at radius 2 is 2.04 bits per heavy atom. The number of benzene rings is 1. The molecular weight excluding hydrogens is 340 g/mol. The van der Waals surface area contributed by atoms with Crippen LogP contribution in [0.4, 0.5) is 5.69 Å². The maximum atomic E-state index is 12.1. The summed E-state index contributed by atoms with van der Waals surface area (Å²) in [5.74, 6) is -0.192. The standard InChI is InChI=1S/C17H24N4O3S/c1-10-4-5-13(11(2)6-10)20-16(24)9-25-17-19-12(7-14(22)18-3)8-15(23)21-17/h4-6,12,17,19H,7-9H2,1-3H3,(H,18,22)(H,20,24)(H,21,23). The van der Waals surface area contributed by atoms with Crippen molar-refractivity contribution in [2.45, 2.75) is 38.2 Å². The van der Waals surface area contributed by atoms with Crippen molar-refractivity contribution in [2.75, 3.05) is 18.1 Å². The molecule has 2 unspecified atom stereocenters. The summed E-state index contributed by atoms with van der Waals surface area (Å²) in [5, 5.41) is 11.4. The predicted octanol–water partition coefficient (Wildman–Crippen LogP) is 0.873. The molecule has 8 heteroatoms. The topological polar surface area (TPSA) is 99.3 Å². The molecule has 1 saturated heterocycles. The maximum Gasteiger partial charge on any atom is 0.234 e. The number of carbonyl (C=O) groups excluding carboxylic acids is 3. The highest BCUT2D eigenvalue weighted by Gasteiger charge is 2.27. The number of carbonyl (C=O) groups is 3. The first-order valence-electron chi connectivity index (χ1n) is 8.12. The molecule has 4 N–H and O–H groups in total. The number of anilines is 1. The van der Waals surface area contributed by atoms with Crippen LogP contribution in [0.2, 0.25) is 0 Å². The van der Waals surface area contributed by atoms with Crippen molar-refractivity contribution in [3.63, 3.8) is 0 Å². The summed E-state index contributed by atoms with van der Waals surface area (Å²) in [6, 6.07) is 5.61. The minimum atomic E-state index is -0.388. The molecule has 1 heterocycles. The zero-order valence-electron chi connectivity index (χ0n) is 14.6. The molecule has 0 radical (unpaired) electrons. The number of hydrogen-bond acceptors (Lipinski definition) is 5. The third-order valence-electron chi connectivity index (χ3n) is 3.86. The van der Waals surface area contributed by atoms with E-state index in [9.17, 15) is 14.4 Å². The molecule has 0 aromatic heterocycles. The zero-order valence-corrected chi connectivity index (χ0v) is 15.5. The summed E-state index contributed by atoms with van der Waals surface area (Å²) in [6.45, 7) is 3.95. The molecule has 1 fully saturated rings. The lowest BCUT2D eigenvalue weighted by Crippen LogP contribution is -2.55. The molecule has 7 nitrogen and oxygen atoms in total. The Hall–Kier alpha value is -2.06. The van der Waals surface area contributed by atoms with Gasteiger partial charge in [0, 0.05) is 31.6 Å².